The number of carbonyl (C=O) groups excluding carboxylic acids is 7. The second-order valence-electron chi connectivity index (χ2n) is 18.5. The largest absolute Gasteiger partial charge is 0.390 e. The molecule has 2 aromatic carbocycles. The van der Waals surface area contributed by atoms with Gasteiger partial charge in [0.15, 0.2) is 29.1 Å². The van der Waals surface area contributed by atoms with Gasteiger partial charge in [-0.3, -0.25) is 38.5 Å². The molecule has 12 atom stereocenters. The number of amides is 5. The molecule has 0 aromatic heterocycles. The van der Waals surface area contributed by atoms with E-state index in [1.54, 1.807) is 31.2 Å². The summed E-state index contributed by atoms with van der Waals surface area (Å²) in [6, 6.07) is 12.5. The Morgan fingerprint density at radius 2 is 1.51 bits per heavy atom. The molecule has 1 saturated heterocycles. The fourth-order valence-electron chi connectivity index (χ4n) is 11.3. The van der Waals surface area contributed by atoms with Gasteiger partial charge in [0, 0.05) is 53.1 Å². The number of hydrogen-bond acceptors (Lipinski definition) is 11. The van der Waals surface area contributed by atoms with Crippen molar-refractivity contribution in [2.75, 3.05) is 18.5 Å². The Bertz CT molecular complexity index is 2410. The van der Waals surface area contributed by atoms with E-state index in [2.05, 4.69) is 16.0 Å². The molecule has 4 fully saturated rings. The SMILES string of the molecule is C[C@H](NC(=O)CCN1C(=O)C=CC1=O)C(=O)N[C@@H](C)C(=O)Nc1ccc(Cc2ccc([C@@H]3O[C@@H]4C[C@H]5[C@@H]6C[C@H](F)C7=CC(=O)C=C[C@]7(C)[C@@]6(F)[C@@H](O)C[C@]5(C)[C@]4(C(=O)CO)O3)cc2)cc1. The molecule has 8 rings (SSSR count). The molecule has 0 spiro atoms. The number of nitrogens with one attached hydrogen (secondary N) is 3. The highest BCUT2D eigenvalue weighted by Gasteiger charge is 2.80. The van der Waals surface area contributed by atoms with Crippen LogP contribution in [0.1, 0.15) is 76.4 Å². The second kappa shape index (κ2) is 16.9. The third kappa shape index (κ3) is 7.55. The summed E-state index contributed by atoms with van der Waals surface area (Å²) in [7, 11) is 0. The third-order valence-corrected chi connectivity index (χ3v) is 14.8. The molecule has 2 heterocycles. The maximum absolute atomic E-state index is 17.7. The number of ether oxygens (including phenoxy) is 2. The number of aliphatic hydroxyl groups excluding tert-OH is 2. The number of alkyl halides is 2. The first-order valence-electron chi connectivity index (χ1n) is 21.8. The van der Waals surface area contributed by atoms with Gasteiger partial charge in [0.25, 0.3) is 11.8 Å². The first kappa shape index (κ1) is 45.8. The van der Waals surface area contributed by atoms with Crippen LogP contribution < -0.4 is 16.0 Å². The summed E-state index contributed by atoms with van der Waals surface area (Å²) in [5.74, 6) is -5.50. The number of fused-ring (bicyclic) bond motifs is 7. The quantitative estimate of drug-likeness (QED) is 0.184. The van der Waals surface area contributed by atoms with Crippen LogP contribution in [0.15, 0.2) is 84.5 Å². The molecule has 6 aliphatic rings. The predicted octanol–water partition coefficient (Wildman–Crippen LogP) is 3.18. The molecule has 2 aromatic rings. The molecule has 17 heteroatoms. The Balaban J connectivity index is 0.866. The minimum atomic E-state index is -2.35. The van der Waals surface area contributed by atoms with Gasteiger partial charge in [-0.15, -0.1) is 0 Å². The number of aliphatic hydroxyl groups is 2. The Kier molecular flexibility index (Phi) is 11.9. The molecule has 4 aliphatic carbocycles. The Morgan fingerprint density at radius 1 is 0.877 bits per heavy atom. The summed E-state index contributed by atoms with van der Waals surface area (Å²) in [5, 5.41) is 29.9. The number of halogens is 2. The zero-order chi connectivity index (χ0) is 46.8. The Labute approximate surface area is 373 Å². The summed E-state index contributed by atoms with van der Waals surface area (Å²) in [6.07, 6.45) is 0.591. The molecule has 344 valence electrons. The van der Waals surface area contributed by atoms with Gasteiger partial charge in [-0.2, -0.15) is 0 Å². The first-order chi connectivity index (χ1) is 30.7. The highest BCUT2D eigenvalue weighted by atomic mass is 19.1. The van der Waals surface area contributed by atoms with Gasteiger partial charge in [0.05, 0.1) is 12.2 Å². The van der Waals surface area contributed by atoms with Crippen molar-refractivity contribution in [1.29, 1.82) is 0 Å². The molecule has 2 aliphatic heterocycles. The summed E-state index contributed by atoms with van der Waals surface area (Å²) in [5.41, 5.74) is -4.04. The topological polar surface area (TPSA) is 218 Å². The van der Waals surface area contributed by atoms with E-state index in [0.717, 1.165) is 34.3 Å². The number of rotatable bonds is 13. The van der Waals surface area contributed by atoms with E-state index in [1.807, 2.05) is 24.3 Å². The Morgan fingerprint density at radius 3 is 2.15 bits per heavy atom. The molecule has 0 radical (unpaired) electrons. The van der Waals surface area contributed by atoms with Crippen LogP contribution >= 0.6 is 0 Å². The van der Waals surface area contributed by atoms with Gasteiger partial charge in [-0.05, 0) is 93.4 Å². The van der Waals surface area contributed by atoms with E-state index < -0.39 is 118 Å². The minimum Gasteiger partial charge on any atom is -0.390 e. The summed E-state index contributed by atoms with van der Waals surface area (Å²) < 4.78 is 46.7. The molecule has 5 amide bonds. The van der Waals surface area contributed by atoms with Crippen LogP contribution in [0.5, 0.6) is 0 Å². The van der Waals surface area contributed by atoms with Crippen LogP contribution in [-0.2, 0) is 49.5 Å². The van der Waals surface area contributed by atoms with Crippen LogP contribution in [0, 0.1) is 22.7 Å². The lowest BCUT2D eigenvalue weighted by Crippen LogP contribution is -2.70. The van der Waals surface area contributed by atoms with E-state index in [0.29, 0.717) is 17.7 Å². The Hall–Kier alpha value is -5.75. The molecular weight excluding hydrogens is 847 g/mol. The lowest BCUT2D eigenvalue weighted by molar-refractivity contribution is -0.235. The highest BCUT2D eigenvalue weighted by molar-refractivity contribution is 6.13. The number of ketones is 2. The number of nitrogens with zero attached hydrogens (tertiary/aromatic N) is 1. The van der Waals surface area contributed by atoms with Crippen molar-refractivity contribution in [2.45, 2.75) is 108 Å². The van der Waals surface area contributed by atoms with Crippen LogP contribution in [0.4, 0.5) is 14.5 Å². The van der Waals surface area contributed by atoms with Crippen molar-refractivity contribution in [1.82, 2.24) is 15.5 Å². The number of imide groups is 1. The smallest absolute Gasteiger partial charge is 0.253 e. The first-order valence-corrected chi connectivity index (χ1v) is 21.8. The van der Waals surface area contributed by atoms with Gasteiger partial charge in [0.1, 0.15) is 24.9 Å². The zero-order valence-electron chi connectivity index (χ0n) is 36.3. The van der Waals surface area contributed by atoms with E-state index in [-0.39, 0.29) is 37.8 Å². The van der Waals surface area contributed by atoms with Crippen LogP contribution in [0.3, 0.4) is 0 Å². The molecule has 3 saturated carbocycles. The maximum atomic E-state index is 17.7. The summed E-state index contributed by atoms with van der Waals surface area (Å²) in [4.78, 5) is 88.3. The fourth-order valence-corrected chi connectivity index (χ4v) is 11.3. The lowest BCUT2D eigenvalue weighted by atomic mass is 9.44. The van der Waals surface area contributed by atoms with Crippen LogP contribution in [0.2, 0.25) is 0 Å². The monoisotopic (exact) mass is 898 g/mol. The van der Waals surface area contributed by atoms with Crippen molar-refractivity contribution >= 4 is 46.8 Å². The average Bonchev–Trinajstić information content (AvgIpc) is 3.90. The lowest BCUT2D eigenvalue weighted by Gasteiger charge is -2.63. The fraction of sp³-hybridized carbons (Fsp3) is 0.479. The van der Waals surface area contributed by atoms with E-state index in [9.17, 15) is 43.8 Å². The zero-order valence-corrected chi connectivity index (χ0v) is 36.3. The van der Waals surface area contributed by atoms with Crippen LogP contribution in [-0.4, -0.2) is 111 Å². The molecule has 65 heavy (non-hydrogen) atoms. The maximum Gasteiger partial charge on any atom is 0.253 e. The van der Waals surface area contributed by atoms with E-state index in [4.69, 9.17) is 9.47 Å². The van der Waals surface area contributed by atoms with Crippen molar-refractivity contribution < 1.29 is 62.0 Å². The standard InChI is InChI=1S/C48H52F2N4O11/c1-25(51-39(59)16-18-54-40(60)13-14-41(54)61)42(62)52-26(2)43(63)53-30-11-7-28(8-12-30)19-27-5-9-29(10-6-27)44-64-38-22-32-33-21-35(49)34-20-31(56)15-17-45(34,3)47(33,50)36(57)23-46(32,4)48(38,65-44)37(58)24-55/h5-15,17,20,25-26,32-33,35-36,38,44,55,57H,16,18-19,21-24H2,1-4H3,(H,51,59)(H,52,62)(H,53,63)/t25-,26-,32-,33-,35-,36-,38+,44+,45-,46-,47-,48+/m0/s1. The van der Waals surface area contributed by atoms with Gasteiger partial charge in [-0.25, -0.2) is 8.78 Å². The second-order valence-corrected chi connectivity index (χ2v) is 18.5. The normalized spacial score (nSPS) is 34.2. The van der Waals surface area contributed by atoms with Crippen molar-refractivity contribution in [3.05, 3.63) is 101 Å². The molecule has 15 nitrogen and oxygen atoms in total. The summed E-state index contributed by atoms with van der Waals surface area (Å²) >= 11 is 0. The number of anilines is 1. The number of hydrogen-bond donors (Lipinski definition) is 5. The molecule has 0 unspecified atom stereocenters. The van der Waals surface area contributed by atoms with Gasteiger partial charge in [0.2, 0.25) is 17.7 Å². The van der Waals surface area contributed by atoms with Crippen molar-refractivity contribution in [2.24, 2.45) is 22.7 Å². The van der Waals surface area contributed by atoms with E-state index in [1.165, 1.54) is 32.9 Å². The van der Waals surface area contributed by atoms with Crippen LogP contribution in [0.25, 0.3) is 0 Å². The minimum absolute atomic E-state index is 0.000747. The molecule has 5 N–H and O–H groups in total. The predicted molar refractivity (Wildman–Crippen MR) is 228 cm³/mol. The number of carbonyl (C=O) groups is 7. The van der Waals surface area contributed by atoms with Gasteiger partial charge >= 0.3 is 0 Å². The molecular formula is C48H52F2N4O11. The summed E-state index contributed by atoms with van der Waals surface area (Å²) in [6.45, 7) is 5.17. The van der Waals surface area contributed by atoms with E-state index >= 15 is 8.78 Å². The average molecular weight is 899 g/mol. The number of benzene rings is 2. The molecule has 0 bridgehead atoms. The highest BCUT2D eigenvalue weighted by Crippen LogP contribution is 2.72. The van der Waals surface area contributed by atoms with Gasteiger partial charge in [-0.1, -0.05) is 49.4 Å². The van der Waals surface area contributed by atoms with Crippen molar-refractivity contribution in [3.8, 4) is 0 Å². The van der Waals surface area contributed by atoms with Crippen molar-refractivity contribution in [3.63, 3.8) is 0 Å². The third-order valence-electron chi connectivity index (χ3n) is 14.8. The van der Waals surface area contributed by atoms with Gasteiger partial charge < -0.3 is 35.6 Å². The number of allylic oxidation sites excluding steroid dienone is 4. The number of Topliss-reactive ketones (excluding diaryl/α,β-unsaturated/α-hetero) is 1.